The zero-order valence-electron chi connectivity index (χ0n) is 13.5. The Balaban J connectivity index is 1.69. The lowest BCUT2D eigenvalue weighted by Gasteiger charge is -2.41. The van der Waals surface area contributed by atoms with Gasteiger partial charge in [-0.25, -0.2) is 9.97 Å². The monoisotopic (exact) mass is 343 g/mol. The molecule has 0 N–H and O–H groups in total. The summed E-state index contributed by atoms with van der Waals surface area (Å²) in [6, 6.07) is 2.05. The van der Waals surface area contributed by atoms with Crippen LogP contribution in [0.4, 0.5) is 0 Å². The standard InChI is InChI=1S/C18H18ClN3O2/c1-4-18-7-5-11(18)12(13-14(18)24-17(2,3)23-13)22-8-6-10-15(19)20-9-21-16(10)22/h4-9,11-14H,1H2,2-3H3/t11-,12-,13+,14+,18-/m1/s1. The normalized spacial score (nSPS) is 38.8. The van der Waals surface area contributed by atoms with Gasteiger partial charge in [-0.1, -0.05) is 29.8 Å². The number of hydrogen-bond acceptors (Lipinski definition) is 4. The van der Waals surface area contributed by atoms with Crippen molar-refractivity contribution in [3.63, 3.8) is 0 Å². The molecular formula is C18H18ClN3O2. The van der Waals surface area contributed by atoms with Gasteiger partial charge in [0, 0.05) is 17.5 Å². The molecule has 3 aliphatic rings. The molecule has 0 bridgehead atoms. The van der Waals surface area contributed by atoms with E-state index in [2.05, 4.69) is 33.3 Å². The van der Waals surface area contributed by atoms with Crippen LogP contribution in [0.2, 0.25) is 5.15 Å². The highest BCUT2D eigenvalue weighted by Gasteiger charge is 2.67. The summed E-state index contributed by atoms with van der Waals surface area (Å²) < 4.78 is 14.7. The van der Waals surface area contributed by atoms with Gasteiger partial charge >= 0.3 is 0 Å². The lowest BCUT2D eigenvalue weighted by molar-refractivity contribution is -0.168. The van der Waals surface area contributed by atoms with Crippen LogP contribution in [0.25, 0.3) is 11.0 Å². The van der Waals surface area contributed by atoms with Crippen LogP contribution >= 0.6 is 11.6 Å². The van der Waals surface area contributed by atoms with Crippen LogP contribution < -0.4 is 0 Å². The predicted octanol–water partition coefficient (Wildman–Crippen LogP) is 3.52. The highest BCUT2D eigenvalue weighted by atomic mass is 35.5. The Bertz CT molecular complexity index is 890. The fraction of sp³-hybridized carbons (Fsp3) is 0.444. The fourth-order valence-corrected chi connectivity index (χ4v) is 4.78. The first-order valence-corrected chi connectivity index (χ1v) is 8.50. The Morgan fingerprint density at radius 2 is 2.17 bits per heavy atom. The van der Waals surface area contributed by atoms with E-state index < -0.39 is 5.79 Å². The minimum absolute atomic E-state index is 0.0419. The summed E-state index contributed by atoms with van der Waals surface area (Å²) in [6.07, 6.45) is 9.84. The van der Waals surface area contributed by atoms with Crippen LogP contribution in [0.5, 0.6) is 0 Å². The predicted molar refractivity (Wildman–Crippen MR) is 90.7 cm³/mol. The molecule has 2 fully saturated rings. The number of ether oxygens (including phenoxy) is 2. The number of hydrogen-bond donors (Lipinski definition) is 0. The maximum atomic E-state index is 6.29. The first-order chi connectivity index (χ1) is 11.5. The Morgan fingerprint density at radius 3 is 2.88 bits per heavy atom. The van der Waals surface area contributed by atoms with E-state index in [1.807, 2.05) is 32.2 Å². The first-order valence-electron chi connectivity index (χ1n) is 8.12. The summed E-state index contributed by atoms with van der Waals surface area (Å²) in [6.45, 7) is 8.00. The van der Waals surface area contributed by atoms with Crippen molar-refractivity contribution in [2.24, 2.45) is 11.3 Å². The van der Waals surface area contributed by atoms with Crippen LogP contribution in [-0.2, 0) is 9.47 Å². The number of rotatable bonds is 2. The second-order valence-corrected chi connectivity index (χ2v) is 7.58. The molecule has 2 aromatic rings. The molecule has 5 rings (SSSR count). The van der Waals surface area contributed by atoms with E-state index in [9.17, 15) is 0 Å². The van der Waals surface area contributed by atoms with Crippen molar-refractivity contribution in [3.05, 3.63) is 48.6 Å². The lowest BCUT2D eigenvalue weighted by Crippen LogP contribution is -2.40. The molecule has 2 aromatic heterocycles. The summed E-state index contributed by atoms with van der Waals surface area (Å²) in [5.41, 5.74) is 0.642. The molecule has 5 atom stereocenters. The van der Waals surface area contributed by atoms with Gasteiger partial charge in [0.25, 0.3) is 0 Å². The van der Waals surface area contributed by atoms with Gasteiger partial charge in [-0.05, 0) is 19.9 Å². The third kappa shape index (κ3) is 1.62. The largest absolute Gasteiger partial charge is 0.343 e. The maximum absolute atomic E-state index is 6.29. The molecule has 24 heavy (non-hydrogen) atoms. The summed E-state index contributed by atoms with van der Waals surface area (Å²) in [5.74, 6) is -0.335. The van der Waals surface area contributed by atoms with Gasteiger partial charge in [0.15, 0.2) is 5.79 Å². The molecule has 0 amide bonds. The van der Waals surface area contributed by atoms with E-state index in [0.717, 1.165) is 11.0 Å². The Hall–Kier alpha value is -1.69. The number of allylic oxidation sites excluding steroid dienone is 1. The molecule has 0 unspecified atom stereocenters. The molecule has 1 saturated carbocycles. The quantitative estimate of drug-likeness (QED) is 0.618. The van der Waals surface area contributed by atoms with E-state index in [4.69, 9.17) is 21.1 Å². The lowest BCUT2D eigenvalue weighted by atomic mass is 9.67. The SMILES string of the molecule is C=C[C@@]12C=C[C@@H]1[C@@H](n1ccc3c(Cl)ncnc31)[C@@H]1OC(C)(C)O[C@@H]12. The second kappa shape index (κ2) is 4.48. The zero-order valence-corrected chi connectivity index (χ0v) is 14.3. The minimum atomic E-state index is -0.604. The Kier molecular flexibility index (Phi) is 2.73. The molecular weight excluding hydrogens is 326 g/mol. The van der Waals surface area contributed by atoms with Crippen LogP contribution in [0.3, 0.4) is 0 Å². The van der Waals surface area contributed by atoms with Gasteiger partial charge in [0.2, 0.25) is 0 Å². The molecule has 3 heterocycles. The van der Waals surface area contributed by atoms with Crippen molar-refractivity contribution >= 4 is 22.6 Å². The molecule has 2 aliphatic carbocycles. The van der Waals surface area contributed by atoms with E-state index in [1.165, 1.54) is 6.33 Å². The summed E-state index contributed by atoms with van der Waals surface area (Å²) >= 11 is 6.22. The van der Waals surface area contributed by atoms with Crippen LogP contribution in [0.1, 0.15) is 19.9 Å². The van der Waals surface area contributed by atoms with Crippen molar-refractivity contribution in [3.8, 4) is 0 Å². The van der Waals surface area contributed by atoms with E-state index in [1.54, 1.807) is 0 Å². The Morgan fingerprint density at radius 1 is 1.33 bits per heavy atom. The van der Waals surface area contributed by atoms with Crippen LogP contribution in [0, 0.1) is 11.3 Å². The summed E-state index contributed by atoms with van der Waals surface area (Å²) in [5, 5.41) is 1.32. The van der Waals surface area contributed by atoms with Gasteiger partial charge in [-0.3, -0.25) is 0 Å². The molecule has 1 aliphatic heterocycles. The van der Waals surface area contributed by atoms with Gasteiger partial charge in [-0.15, -0.1) is 6.58 Å². The smallest absolute Gasteiger partial charge is 0.163 e. The average molecular weight is 344 g/mol. The molecule has 0 spiro atoms. The summed E-state index contributed by atoms with van der Waals surface area (Å²) in [4.78, 5) is 8.52. The topological polar surface area (TPSA) is 49.2 Å². The maximum Gasteiger partial charge on any atom is 0.163 e. The summed E-state index contributed by atoms with van der Waals surface area (Å²) in [7, 11) is 0. The second-order valence-electron chi connectivity index (χ2n) is 7.23. The van der Waals surface area contributed by atoms with Crippen molar-refractivity contribution in [1.29, 1.82) is 0 Å². The van der Waals surface area contributed by atoms with Crippen molar-refractivity contribution in [2.75, 3.05) is 0 Å². The van der Waals surface area contributed by atoms with E-state index in [0.29, 0.717) is 5.15 Å². The molecule has 1 saturated heterocycles. The van der Waals surface area contributed by atoms with Crippen molar-refractivity contribution in [2.45, 2.75) is 37.9 Å². The van der Waals surface area contributed by atoms with Crippen molar-refractivity contribution in [1.82, 2.24) is 14.5 Å². The van der Waals surface area contributed by atoms with Crippen LogP contribution in [-0.4, -0.2) is 32.5 Å². The van der Waals surface area contributed by atoms with Crippen molar-refractivity contribution < 1.29 is 9.47 Å². The van der Waals surface area contributed by atoms with Gasteiger partial charge in [0.1, 0.15) is 29.3 Å². The van der Waals surface area contributed by atoms with E-state index >= 15 is 0 Å². The van der Waals surface area contributed by atoms with Gasteiger partial charge in [-0.2, -0.15) is 0 Å². The number of fused-ring (bicyclic) bond motifs is 4. The first kappa shape index (κ1) is 14.6. The van der Waals surface area contributed by atoms with Gasteiger partial charge in [0.05, 0.1) is 11.4 Å². The van der Waals surface area contributed by atoms with Gasteiger partial charge < -0.3 is 14.0 Å². The molecule has 0 aromatic carbocycles. The number of halogens is 1. The molecule has 5 nitrogen and oxygen atoms in total. The van der Waals surface area contributed by atoms with E-state index in [-0.39, 0.29) is 29.6 Å². The highest BCUT2D eigenvalue weighted by Crippen LogP contribution is 2.63. The molecule has 6 heteroatoms. The third-order valence-corrected chi connectivity index (χ3v) is 5.93. The van der Waals surface area contributed by atoms with Crippen LogP contribution in [0.15, 0.2) is 43.4 Å². The third-order valence-electron chi connectivity index (χ3n) is 5.63. The fourth-order valence-electron chi connectivity index (χ4n) is 4.59. The number of aromatic nitrogens is 3. The molecule has 124 valence electrons. The minimum Gasteiger partial charge on any atom is -0.343 e. The number of nitrogens with zero attached hydrogens (tertiary/aromatic N) is 3. The average Bonchev–Trinajstić information content (AvgIpc) is 3.10. The zero-order chi connectivity index (χ0) is 16.7. The highest BCUT2D eigenvalue weighted by molar-refractivity contribution is 6.33. The Labute approximate surface area is 144 Å². The molecule has 0 radical (unpaired) electrons.